The summed E-state index contributed by atoms with van der Waals surface area (Å²) >= 11 is 0. The molecule has 0 aliphatic rings. The topological polar surface area (TPSA) is 346 Å². The van der Waals surface area contributed by atoms with Crippen LogP contribution in [0.5, 0.6) is 17.2 Å². The van der Waals surface area contributed by atoms with Gasteiger partial charge in [0.25, 0.3) is 10.1 Å². The molecule has 0 atom stereocenters. The standard InChI is InChI=1S/C38H35N9O11S2.2Na/c39-24-8-11-27(26(40)20-24)43-44-28-9-6-21(16-30(28)57-14-12-48)22-7-10-29(31(17-22)58-15-13-49)45-46-36-32(59(51,52)53)18-23-19-33(60(54,55)56)37(38(50)34(23)35(36)41)47-42-25-4-2-1-3-5-25;;/h1-11,16-20,48-50H,12-15,39-41H2,(H,51,52,53)(H,54,55,56);;/q;2*+1/p-2. The molecular formula is C38H33N9Na2O11S2. The van der Waals surface area contributed by atoms with Crippen molar-refractivity contribution in [3.05, 3.63) is 97.1 Å². The quantitative estimate of drug-likeness (QED) is 0.0353. The van der Waals surface area contributed by atoms with E-state index in [1.807, 2.05) is 0 Å². The van der Waals surface area contributed by atoms with Gasteiger partial charge in [-0.15, -0.1) is 25.6 Å². The molecule has 0 unspecified atom stereocenters. The first-order chi connectivity index (χ1) is 28.6. The zero-order chi connectivity index (χ0) is 43.2. The Bertz CT molecular complexity index is 2930. The summed E-state index contributed by atoms with van der Waals surface area (Å²) in [4.78, 5) is -2.10. The van der Waals surface area contributed by atoms with Crippen molar-refractivity contribution in [2.45, 2.75) is 9.79 Å². The van der Waals surface area contributed by atoms with Gasteiger partial charge in [-0.1, -0.05) is 36.1 Å². The Kier molecular flexibility index (Phi) is 17.1. The van der Waals surface area contributed by atoms with Crippen molar-refractivity contribution >= 4 is 82.2 Å². The Balaban J connectivity index is 0.00000422. The zero-order valence-electron chi connectivity index (χ0n) is 32.9. The van der Waals surface area contributed by atoms with E-state index in [0.717, 1.165) is 6.07 Å². The number of nitrogens with zero attached hydrogens (tertiary/aromatic N) is 6. The Hall–Kier alpha value is -5.08. The molecule has 0 saturated carbocycles. The maximum absolute atomic E-state index is 13.8. The minimum atomic E-state index is -5.43. The number of nitrogens with two attached hydrogens (primary N) is 3. The average Bonchev–Trinajstić information content (AvgIpc) is 3.20. The van der Waals surface area contributed by atoms with Gasteiger partial charge in [-0.3, -0.25) is 4.55 Å². The van der Waals surface area contributed by atoms with Crippen LogP contribution >= 0.6 is 0 Å². The molecule has 0 aliphatic carbocycles. The molecule has 6 aromatic rings. The smallest absolute Gasteiger partial charge is 0.870 e. The molecule has 0 aromatic heterocycles. The fraction of sp³-hybridized carbons (Fsp3) is 0.105. The van der Waals surface area contributed by atoms with E-state index in [-0.39, 0.29) is 102 Å². The monoisotopic (exact) mass is 901 g/mol. The predicted molar refractivity (Wildman–Crippen MR) is 217 cm³/mol. The number of aliphatic hydroxyl groups excluding tert-OH is 2. The molecule has 0 bridgehead atoms. The third kappa shape index (κ3) is 11.7. The van der Waals surface area contributed by atoms with Crippen molar-refractivity contribution in [3.63, 3.8) is 0 Å². The van der Waals surface area contributed by atoms with Crippen LogP contribution in [0.25, 0.3) is 21.9 Å². The first-order valence-electron chi connectivity index (χ1n) is 17.3. The molecule has 0 fully saturated rings. The number of rotatable bonds is 15. The molecule has 0 amide bonds. The van der Waals surface area contributed by atoms with Crippen molar-refractivity contribution in [2.24, 2.45) is 30.7 Å². The van der Waals surface area contributed by atoms with Crippen molar-refractivity contribution in [3.8, 4) is 28.4 Å². The van der Waals surface area contributed by atoms with Gasteiger partial charge in [0.2, 0.25) is 0 Å². The number of benzene rings is 6. The molecule has 20 nitrogen and oxygen atoms in total. The Morgan fingerprint density at radius 1 is 0.613 bits per heavy atom. The molecule has 62 heavy (non-hydrogen) atoms. The fourth-order valence-electron chi connectivity index (χ4n) is 5.65. The van der Waals surface area contributed by atoms with Crippen LogP contribution in [-0.2, 0) is 20.2 Å². The second kappa shape index (κ2) is 21.3. The predicted octanol–water partition coefficient (Wildman–Crippen LogP) is 0.474. The van der Waals surface area contributed by atoms with Crippen molar-refractivity contribution in [1.29, 1.82) is 0 Å². The van der Waals surface area contributed by atoms with Gasteiger partial charge in [-0.05, 0) is 83.2 Å². The zero-order valence-corrected chi connectivity index (χ0v) is 38.5. The molecule has 6 rings (SSSR count). The van der Waals surface area contributed by atoms with E-state index in [1.54, 1.807) is 54.6 Å². The van der Waals surface area contributed by atoms with E-state index in [9.17, 15) is 41.3 Å². The Labute approximate surface area is 398 Å². The van der Waals surface area contributed by atoms with Gasteiger partial charge < -0.3 is 46.5 Å². The van der Waals surface area contributed by atoms with Crippen molar-refractivity contribution in [2.75, 3.05) is 43.6 Å². The number of hydrogen-bond donors (Lipinski definition) is 6. The fourth-order valence-corrected chi connectivity index (χ4v) is 6.97. The van der Waals surface area contributed by atoms with Gasteiger partial charge in [-0.2, -0.15) is 13.5 Å². The number of hydrogen-bond acceptors (Lipinski definition) is 19. The van der Waals surface area contributed by atoms with E-state index in [2.05, 4.69) is 30.7 Å². The van der Waals surface area contributed by atoms with Crippen LogP contribution in [0.3, 0.4) is 0 Å². The molecule has 0 spiro atoms. The minimum Gasteiger partial charge on any atom is -0.870 e. The Morgan fingerprint density at radius 3 is 1.66 bits per heavy atom. The van der Waals surface area contributed by atoms with Gasteiger partial charge >= 0.3 is 59.1 Å². The first-order valence-corrected chi connectivity index (χ1v) is 20.2. The van der Waals surface area contributed by atoms with E-state index in [1.165, 1.54) is 30.3 Å². The third-order valence-corrected chi connectivity index (χ3v) is 10.1. The summed E-state index contributed by atoms with van der Waals surface area (Å²) in [5.74, 6) is -0.933. The summed E-state index contributed by atoms with van der Waals surface area (Å²) < 4.78 is 83.7. The summed E-state index contributed by atoms with van der Waals surface area (Å²) in [7, 11) is -10.6. The van der Waals surface area contributed by atoms with Gasteiger partial charge in [0.05, 0.1) is 40.9 Å². The number of nitrogen functional groups attached to an aromatic ring is 3. The van der Waals surface area contributed by atoms with Crippen LogP contribution < -0.4 is 90.9 Å². The molecule has 0 radical (unpaired) electrons. The van der Waals surface area contributed by atoms with Gasteiger partial charge in [0.1, 0.15) is 62.5 Å². The number of aliphatic hydroxyl groups is 2. The summed E-state index contributed by atoms with van der Waals surface area (Å²) in [6, 6.07) is 23.4. The number of fused-ring (bicyclic) bond motifs is 1. The van der Waals surface area contributed by atoms with Crippen molar-refractivity contribution in [1.82, 2.24) is 0 Å². The molecular weight excluding hydrogens is 869 g/mol. The summed E-state index contributed by atoms with van der Waals surface area (Å²) in [5.41, 5.74) is 18.4. The number of anilines is 3. The average molecular weight is 902 g/mol. The van der Waals surface area contributed by atoms with Crippen molar-refractivity contribution < 1.29 is 110 Å². The van der Waals surface area contributed by atoms with Crippen LogP contribution in [-0.4, -0.2) is 62.6 Å². The molecule has 0 saturated heterocycles. The molecule has 24 heteroatoms. The maximum Gasteiger partial charge on any atom is 1.00 e. The molecule has 310 valence electrons. The largest absolute Gasteiger partial charge is 1.00 e. The van der Waals surface area contributed by atoms with E-state index in [0.29, 0.717) is 39.9 Å². The van der Waals surface area contributed by atoms with Crippen LogP contribution in [0.2, 0.25) is 0 Å². The van der Waals surface area contributed by atoms with E-state index >= 15 is 0 Å². The molecule has 6 aromatic carbocycles. The van der Waals surface area contributed by atoms with Gasteiger partial charge in [-0.25, -0.2) is 8.42 Å². The maximum atomic E-state index is 13.8. The second-order valence-electron chi connectivity index (χ2n) is 12.5. The van der Waals surface area contributed by atoms with Crippen LogP contribution in [0.15, 0.2) is 138 Å². The number of azo groups is 3. The third-order valence-electron chi connectivity index (χ3n) is 8.39. The second-order valence-corrected chi connectivity index (χ2v) is 15.2. The first kappa shape index (κ1) is 49.6. The summed E-state index contributed by atoms with van der Waals surface area (Å²) in [6.45, 7) is -1.02. The summed E-state index contributed by atoms with van der Waals surface area (Å²) in [5, 5.41) is 55.9. The van der Waals surface area contributed by atoms with Gasteiger partial charge in [0, 0.05) is 11.1 Å². The molecule has 0 heterocycles. The van der Waals surface area contributed by atoms with Gasteiger partial charge in [0.15, 0.2) is 0 Å². The molecule has 0 aliphatic heterocycles. The summed E-state index contributed by atoms with van der Waals surface area (Å²) in [6.07, 6.45) is 0. The Morgan fingerprint density at radius 2 is 1.13 bits per heavy atom. The minimum absolute atomic E-state index is 0. The van der Waals surface area contributed by atoms with E-state index in [4.69, 9.17) is 26.7 Å². The van der Waals surface area contributed by atoms with Crippen LogP contribution in [0.4, 0.5) is 51.2 Å². The van der Waals surface area contributed by atoms with E-state index < -0.39 is 70.2 Å². The number of ether oxygens (including phenoxy) is 2. The van der Waals surface area contributed by atoms with Crippen LogP contribution in [0.1, 0.15) is 0 Å². The normalized spacial score (nSPS) is 11.9. The van der Waals surface area contributed by atoms with Crippen LogP contribution in [0, 0.1) is 0 Å². The molecule has 9 N–H and O–H groups in total. The SMILES string of the molecule is Nc1ccc(N=Nc2ccc(-c3ccc(N=Nc4c(S(=O)(=O)[O-])cc5cc(S(=O)(=O)O)c(N=Nc6ccccc6)c([O-])c5c4N)c(OCCO)c3)cc2OCCO)c(N)c1.[Na+].[Na+].